The molecule has 2 aromatic heterocycles. The predicted octanol–water partition coefficient (Wildman–Crippen LogP) is 7.46. The van der Waals surface area contributed by atoms with Crippen LogP contribution in [0.4, 0.5) is 0 Å². The number of carbonyl (C=O) groups is 1. The van der Waals surface area contributed by atoms with E-state index in [2.05, 4.69) is 58.5 Å². The van der Waals surface area contributed by atoms with Crippen molar-refractivity contribution in [1.82, 2.24) is 9.97 Å². The molecule has 0 aliphatic carbocycles. The molecule has 0 saturated carbocycles. The van der Waals surface area contributed by atoms with Crippen molar-refractivity contribution in [3.8, 4) is 33.8 Å². The number of carboxylic acids is 1. The molecule has 0 atom stereocenters. The number of hydrogen-bond donors (Lipinski definition) is 1. The molecule has 0 saturated heterocycles. The largest absolute Gasteiger partial charge is 0.494 e. The lowest BCUT2D eigenvalue weighted by atomic mass is 9.93. The molecule has 5 aromatic rings. The van der Waals surface area contributed by atoms with Gasteiger partial charge in [-0.05, 0) is 83.1 Å². The maximum Gasteiger partial charge on any atom is 0.341 e. The smallest absolute Gasteiger partial charge is 0.341 e. The van der Waals surface area contributed by atoms with Crippen LogP contribution < -0.4 is 9.47 Å². The molecule has 43 heavy (non-hydrogen) atoms. The summed E-state index contributed by atoms with van der Waals surface area (Å²) in [5.41, 5.74) is 7.90. The van der Waals surface area contributed by atoms with E-state index in [4.69, 9.17) is 19.3 Å². The quantitative estimate of drug-likeness (QED) is 0.155. The van der Waals surface area contributed by atoms with E-state index in [1.165, 1.54) is 0 Å². The molecular formula is C36H32N2O5. The number of aryl methyl sites for hydroxylation is 1. The van der Waals surface area contributed by atoms with Crippen molar-refractivity contribution < 1.29 is 24.1 Å². The van der Waals surface area contributed by atoms with E-state index in [9.17, 15) is 4.79 Å². The van der Waals surface area contributed by atoms with Gasteiger partial charge in [0.15, 0.2) is 6.61 Å². The average Bonchev–Trinajstić information content (AvgIpc) is 3.05. The van der Waals surface area contributed by atoms with E-state index >= 15 is 0 Å². The zero-order valence-corrected chi connectivity index (χ0v) is 24.1. The fourth-order valence-electron chi connectivity index (χ4n) is 4.74. The maximum atomic E-state index is 10.9. The second-order valence-corrected chi connectivity index (χ2v) is 9.77. The summed E-state index contributed by atoms with van der Waals surface area (Å²) in [7, 11) is 0. The fourth-order valence-corrected chi connectivity index (χ4v) is 4.74. The first-order valence-electron chi connectivity index (χ1n) is 14.0. The molecule has 7 heteroatoms. The van der Waals surface area contributed by atoms with Crippen LogP contribution in [0.5, 0.6) is 11.5 Å². The highest BCUT2D eigenvalue weighted by Crippen LogP contribution is 2.32. The van der Waals surface area contributed by atoms with E-state index in [0.29, 0.717) is 23.9 Å². The third-order valence-corrected chi connectivity index (χ3v) is 6.80. The summed E-state index contributed by atoms with van der Waals surface area (Å²) < 4.78 is 17.8. The van der Waals surface area contributed by atoms with E-state index < -0.39 is 12.6 Å². The molecule has 1 N–H and O–H groups in total. The van der Waals surface area contributed by atoms with Crippen LogP contribution in [0.1, 0.15) is 23.6 Å². The van der Waals surface area contributed by atoms with Crippen LogP contribution in [0.15, 0.2) is 122 Å². The van der Waals surface area contributed by atoms with Gasteiger partial charge in [0.25, 0.3) is 0 Å². The Morgan fingerprint density at radius 3 is 1.77 bits per heavy atom. The molecule has 0 aliphatic rings. The van der Waals surface area contributed by atoms with Crippen molar-refractivity contribution >= 4 is 11.5 Å². The van der Waals surface area contributed by atoms with Crippen LogP contribution in [0.3, 0.4) is 0 Å². The second kappa shape index (κ2) is 14.0. The molecule has 7 nitrogen and oxygen atoms in total. The Balaban J connectivity index is 1.50. The third-order valence-electron chi connectivity index (χ3n) is 6.80. The summed E-state index contributed by atoms with van der Waals surface area (Å²) in [6.07, 6.45) is 7.23. The fraction of sp³-hybridized carbons (Fsp3) is 0.139. The van der Waals surface area contributed by atoms with Gasteiger partial charge < -0.3 is 19.3 Å². The van der Waals surface area contributed by atoms with Gasteiger partial charge in [0.2, 0.25) is 0 Å². The molecule has 0 aliphatic heterocycles. The number of benzene rings is 3. The van der Waals surface area contributed by atoms with E-state index in [0.717, 1.165) is 44.5 Å². The van der Waals surface area contributed by atoms with Gasteiger partial charge >= 0.3 is 5.97 Å². The summed E-state index contributed by atoms with van der Waals surface area (Å²) in [5.74, 6) is 0.782. The first kappa shape index (κ1) is 29.1. The SMILES string of the molecule is CCOC(COc1ccc(OCC(=O)O)c(C)c1)=C(c1ccc(-c2cccnc2)cc1)c1ccc(-c2cccnc2)cc1. The summed E-state index contributed by atoms with van der Waals surface area (Å²) >= 11 is 0. The van der Waals surface area contributed by atoms with E-state index in [-0.39, 0.29) is 6.61 Å². The topological polar surface area (TPSA) is 90.8 Å². The molecule has 2 heterocycles. The normalized spacial score (nSPS) is 10.6. The van der Waals surface area contributed by atoms with Gasteiger partial charge in [0.1, 0.15) is 23.9 Å². The van der Waals surface area contributed by atoms with Crippen molar-refractivity contribution in [3.05, 3.63) is 138 Å². The van der Waals surface area contributed by atoms with Crippen LogP contribution in [-0.2, 0) is 9.53 Å². The van der Waals surface area contributed by atoms with Crippen molar-refractivity contribution in [2.45, 2.75) is 13.8 Å². The minimum Gasteiger partial charge on any atom is -0.494 e. The molecular weight excluding hydrogens is 540 g/mol. The number of aromatic nitrogens is 2. The van der Waals surface area contributed by atoms with Crippen molar-refractivity contribution in [2.24, 2.45) is 0 Å². The Labute approximate surface area is 251 Å². The van der Waals surface area contributed by atoms with Crippen LogP contribution >= 0.6 is 0 Å². The molecule has 3 aromatic carbocycles. The van der Waals surface area contributed by atoms with Gasteiger partial charge in [-0.3, -0.25) is 9.97 Å². The standard InChI is InChI=1S/C36H32N2O5/c1-3-41-34(23-42-32-16-17-33(25(2)20-32)43-24-35(39)40)36(28-12-8-26(9-13-28)30-6-4-18-37-21-30)29-14-10-27(11-15-29)31-7-5-19-38-22-31/h4-22H,3,23-24H2,1-2H3,(H,39,40). The highest BCUT2D eigenvalue weighted by Gasteiger charge is 2.16. The van der Waals surface area contributed by atoms with Crippen molar-refractivity contribution in [1.29, 1.82) is 0 Å². The highest BCUT2D eigenvalue weighted by molar-refractivity contribution is 5.83. The number of ether oxygens (including phenoxy) is 3. The van der Waals surface area contributed by atoms with Gasteiger partial charge in [0, 0.05) is 30.4 Å². The molecule has 5 rings (SSSR count). The minimum atomic E-state index is -1.03. The zero-order valence-electron chi connectivity index (χ0n) is 24.1. The maximum absolute atomic E-state index is 10.9. The van der Waals surface area contributed by atoms with Gasteiger partial charge in [-0.25, -0.2) is 4.79 Å². The first-order chi connectivity index (χ1) is 21.0. The first-order valence-corrected chi connectivity index (χ1v) is 14.0. The highest BCUT2D eigenvalue weighted by atomic mass is 16.5. The summed E-state index contributed by atoms with van der Waals surface area (Å²) in [5, 5.41) is 8.93. The molecule has 0 fully saturated rings. The molecule has 0 radical (unpaired) electrons. The Kier molecular flexibility index (Phi) is 9.44. The van der Waals surface area contributed by atoms with Gasteiger partial charge in [-0.2, -0.15) is 0 Å². The average molecular weight is 573 g/mol. The minimum absolute atomic E-state index is 0.187. The lowest BCUT2D eigenvalue weighted by Gasteiger charge is -2.19. The number of hydrogen-bond acceptors (Lipinski definition) is 6. The number of aliphatic carboxylic acids is 1. The van der Waals surface area contributed by atoms with Gasteiger partial charge in [-0.15, -0.1) is 0 Å². The Morgan fingerprint density at radius 1 is 0.721 bits per heavy atom. The molecule has 0 bridgehead atoms. The zero-order chi connectivity index (χ0) is 30.0. The van der Waals surface area contributed by atoms with Crippen LogP contribution in [-0.4, -0.2) is 40.9 Å². The van der Waals surface area contributed by atoms with Gasteiger partial charge in [-0.1, -0.05) is 60.7 Å². The number of pyridine rings is 2. The number of rotatable bonds is 12. The molecule has 0 unspecified atom stereocenters. The van der Waals surface area contributed by atoms with Crippen LogP contribution in [0, 0.1) is 6.92 Å². The van der Waals surface area contributed by atoms with Crippen molar-refractivity contribution in [2.75, 3.05) is 19.8 Å². The van der Waals surface area contributed by atoms with E-state index in [1.54, 1.807) is 24.5 Å². The lowest BCUT2D eigenvalue weighted by molar-refractivity contribution is -0.139. The Hall–Kier alpha value is -5.43. The lowest BCUT2D eigenvalue weighted by Crippen LogP contribution is -2.11. The van der Waals surface area contributed by atoms with Crippen molar-refractivity contribution in [3.63, 3.8) is 0 Å². The number of carboxylic acid groups (broad SMARTS) is 1. The molecule has 0 spiro atoms. The molecule has 0 amide bonds. The van der Waals surface area contributed by atoms with Crippen LogP contribution in [0.25, 0.3) is 27.8 Å². The summed E-state index contributed by atoms with van der Waals surface area (Å²) in [6.45, 7) is 4.05. The third kappa shape index (κ3) is 7.45. The Morgan fingerprint density at radius 2 is 1.30 bits per heavy atom. The van der Waals surface area contributed by atoms with Gasteiger partial charge in [0.05, 0.1) is 6.61 Å². The van der Waals surface area contributed by atoms with Crippen LogP contribution in [0.2, 0.25) is 0 Å². The summed E-state index contributed by atoms with van der Waals surface area (Å²) in [4.78, 5) is 19.4. The number of nitrogens with zero attached hydrogens (tertiary/aromatic N) is 2. The summed E-state index contributed by atoms with van der Waals surface area (Å²) in [6, 6.07) is 29.9. The monoisotopic (exact) mass is 572 g/mol. The second-order valence-electron chi connectivity index (χ2n) is 9.77. The Bertz CT molecular complexity index is 1600. The predicted molar refractivity (Wildman–Crippen MR) is 167 cm³/mol. The molecule has 216 valence electrons. The van der Waals surface area contributed by atoms with E-state index in [1.807, 2.05) is 56.6 Å².